The van der Waals surface area contributed by atoms with Gasteiger partial charge in [0.2, 0.25) is 0 Å². The van der Waals surface area contributed by atoms with E-state index in [4.69, 9.17) is 18.0 Å². The van der Waals surface area contributed by atoms with Crippen molar-refractivity contribution in [3.05, 3.63) is 47.9 Å². The van der Waals surface area contributed by atoms with Gasteiger partial charge in [0.1, 0.15) is 10.8 Å². The van der Waals surface area contributed by atoms with Crippen LogP contribution in [0.2, 0.25) is 0 Å². The number of hydrogen-bond donors (Lipinski definition) is 2. The SMILES string of the molecule is Cc1nn(C)c(Nc2cccc3cnccc23)c1C(N)=S. The van der Waals surface area contributed by atoms with Gasteiger partial charge in [-0.3, -0.25) is 9.67 Å². The van der Waals surface area contributed by atoms with Gasteiger partial charge in [0.15, 0.2) is 0 Å². The average Bonchev–Trinajstić information content (AvgIpc) is 2.73. The molecule has 0 saturated heterocycles. The third-order valence-electron chi connectivity index (χ3n) is 3.40. The Labute approximate surface area is 127 Å². The van der Waals surface area contributed by atoms with Gasteiger partial charge < -0.3 is 11.1 Å². The summed E-state index contributed by atoms with van der Waals surface area (Å²) in [5.74, 6) is 0.796. The summed E-state index contributed by atoms with van der Waals surface area (Å²) in [5.41, 5.74) is 8.38. The van der Waals surface area contributed by atoms with Crippen molar-refractivity contribution in [2.75, 3.05) is 5.32 Å². The molecule has 0 fully saturated rings. The van der Waals surface area contributed by atoms with Crippen LogP contribution in [0, 0.1) is 6.92 Å². The number of benzene rings is 1. The minimum absolute atomic E-state index is 0.338. The topological polar surface area (TPSA) is 68.8 Å². The maximum atomic E-state index is 5.82. The zero-order valence-electron chi connectivity index (χ0n) is 11.8. The van der Waals surface area contributed by atoms with E-state index < -0.39 is 0 Å². The van der Waals surface area contributed by atoms with E-state index in [0.29, 0.717) is 4.99 Å². The number of aryl methyl sites for hydroxylation is 2. The van der Waals surface area contributed by atoms with E-state index in [2.05, 4.69) is 15.4 Å². The lowest BCUT2D eigenvalue weighted by atomic mass is 10.1. The van der Waals surface area contributed by atoms with Gasteiger partial charge in [0, 0.05) is 35.9 Å². The summed E-state index contributed by atoms with van der Waals surface area (Å²) in [6.45, 7) is 1.90. The van der Waals surface area contributed by atoms with Gasteiger partial charge >= 0.3 is 0 Å². The molecule has 0 aliphatic carbocycles. The molecule has 0 amide bonds. The molecule has 2 heterocycles. The van der Waals surface area contributed by atoms with E-state index in [1.54, 1.807) is 10.9 Å². The third-order valence-corrected chi connectivity index (χ3v) is 3.61. The molecular formula is C15H15N5S. The Hall–Kier alpha value is -2.47. The van der Waals surface area contributed by atoms with E-state index >= 15 is 0 Å². The van der Waals surface area contributed by atoms with Crippen LogP contribution in [0.3, 0.4) is 0 Å². The van der Waals surface area contributed by atoms with Crippen LogP contribution in [0.15, 0.2) is 36.7 Å². The van der Waals surface area contributed by atoms with Gasteiger partial charge in [0.25, 0.3) is 0 Å². The van der Waals surface area contributed by atoms with Crippen molar-refractivity contribution < 1.29 is 0 Å². The number of aromatic nitrogens is 3. The molecule has 0 radical (unpaired) electrons. The monoisotopic (exact) mass is 297 g/mol. The fourth-order valence-electron chi connectivity index (χ4n) is 2.46. The summed E-state index contributed by atoms with van der Waals surface area (Å²) in [6.07, 6.45) is 3.61. The molecule has 6 heteroatoms. The molecule has 21 heavy (non-hydrogen) atoms. The first-order valence-corrected chi connectivity index (χ1v) is 6.92. The Morgan fingerprint density at radius 2 is 2.14 bits per heavy atom. The number of rotatable bonds is 3. The zero-order chi connectivity index (χ0) is 15.0. The van der Waals surface area contributed by atoms with Crippen LogP contribution in [0.25, 0.3) is 10.8 Å². The molecule has 3 aromatic rings. The largest absolute Gasteiger partial charge is 0.389 e. The van der Waals surface area contributed by atoms with Crippen molar-refractivity contribution in [1.29, 1.82) is 0 Å². The number of anilines is 2. The van der Waals surface area contributed by atoms with Gasteiger partial charge in [-0.15, -0.1) is 0 Å². The van der Waals surface area contributed by atoms with Crippen LogP contribution in [0.5, 0.6) is 0 Å². The summed E-state index contributed by atoms with van der Waals surface area (Å²) >= 11 is 5.14. The van der Waals surface area contributed by atoms with E-state index in [0.717, 1.165) is 33.5 Å². The molecule has 3 N–H and O–H groups in total. The predicted octanol–water partition coefficient (Wildman–Crippen LogP) is 2.65. The quantitative estimate of drug-likeness (QED) is 0.727. The summed E-state index contributed by atoms with van der Waals surface area (Å²) in [5, 5.41) is 9.93. The maximum absolute atomic E-state index is 5.82. The molecule has 0 unspecified atom stereocenters. The van der Waals surface area contributed by atoms with Gasteiger partial charge in [-0.1, -0.05) is 24.4 Å². The van der Waals surface area contributed by atoms with Gasteiger partial charge in [-0.2, -0.15) is 5.10 Å². The van der Waals surface area contributed by atoms with Gasteiger partial charge in [-0.25, -0.2) is 0 Å². The van der Waals surface area contributed by atoms with Crippen molar-refractivity contribution in [3.63, 3.8) is 0 Å². The molecule has 3 rings (SSSR count). The smallest absolute Gasteiger partial charge is 0.138 e. The molecule has 106 valence electrons. The van der Waals surface area contributed by atoms with E-state index in [-0.39, 0.29) is 0 Å². The average molecular weight is 297 g/mol. The number of thiocarbonyl (C=S) groups is 1. The standard InChI is InChI=1S/C15H15N5S/c1-9-13(14(16)21)15(20(2)19-9)18-12-5-3-4-10-8-17-7-6-11(10)12/h3-8,18H,1-2H3,(H2,16,21). The second-order valence-corrected chi connectivity index (χ2v) is 5.26. The summed E-state index contributed by atoms with van der Waals surface area (Å²) in [6, 6.07) is 7.99. The summed E-state index contributed by atoms with van der Waals surface area (Å²) < 4.78 is 1.75. The first-order chi connectivity index (χ1) is 10.1. The fourth-order valence-corrected chi connectivity index (χ4v) is 2.70. The highest BCUT2D eigenvalue weighted by molar-refractivity contribution is 7.80. The van der Waals surface area contributed by atoms with Crippen molar-refractivity contribution in [1.82, 2.24) is 14.8 Å². The lowest BCUT2D eigenvalue weighted by Gasteiger charge is -2.11. The highest BCUT2D eigenvalue weighted by Gasteiger charge is 2.16. The molecule has 0 spiro atoms. The van der Waals surface area contributed by atoms with Gasteiger partial charge in [-0.05, 0) is 19.1 Å². The van der Waals surface area contributed by atoms with E-state index in [9.17, 15) is 0 Å². The molecule has 5 nitrogen and oxygen atoms in total. The van der Waals surface area contributed by atoms with Crippen LogP contribution in [-0.4, -0.2) is 19.8 Å². The number of hydrogen-bond acceptors (Lipinski definition) is 4. The maximum Gasteiger partial charge on any atom is 0.138 e. The number of pyridine rings is 1. The van der Waals surface area contributed by atoms with Crippen molar-refractivity contribution in [2.45, 2.75) is 6.92 Å². The van der Waals surface area contributed by atoms with Crippen LogP contribution in [0.1, 0.15) is 11.3 Å². The van der Waals surface area contributed by atoms with Crippen LogP contribution in [-0.2, 0) is 7.05 Å². The summed E-state index contributed by atoms with van der Waals surface area (Å²) in [4.78, 5) is 4.48. The van der Waals surface area contributed by atoms with Gasteiger partial charge in [0.05, 0.1) is 11.3 Å². The highest BCUT2D eigenvalue weighted by Crippen LogP contribution is 2.28. The fraction of sp³-hybridized carbons (Fsp3) is 0.133. The normalized spacial score (nSPS) is 10.8. The Bertz CT molecular complexity index is 832. The molecule has 1 aromatic carbocycles. The first-order valence-electron chi connectivity index (χ1n) is 6.51. The minimum atomic E-state index is 0.338. The third kappa shape index (κ3) is 2.34. The molecule has 0 bridgehead atoms. The van der Waals surface area contributed by atoms with E-state index in [1.165, 1.54) is 0 Å². The van der Waals surface area contributed by atoms with E-state index in [1.807, 2.05) is 44.4 Å². The molecule has 2 aromatic heterocycles. The lowest BCUT2D eigenvalue weighted by Crippen LogP contribution is -2.13. The predicted molar refractivity (Wildman–Crippen MR) is 88.9 cm³/mol. The molecule has 0 aliphatic heterocycles. The Morgan fingerprint density at radius 3 is 2.90 bits per heavy atom. The highest BCUT2D eigenvalue weighted by atomic mass is 32.1. The van der Waals surface area contributed by atoms with Crippen molar-refractivity contribution in [3.8, 4) is 0 Å². The van der Waals surface area contributed by atoms with Crippen LogP contribution >= 0.6 is 12.2 Å². The van der Waals surface area contributed by atoms with Crippen LogP contribution in [0.4, 0.5) is 11.5 Å². The lowest BCUT2D eigenvalue weighted by molar-refractivity contribution is 0.765. The number of nitrogens with one attached hydrogen (secondary N) is 1. The number of nitrogens with two attached hydrogens (primary N) is 1. The summed E-state index contributed by atoms with van der Waals surface area (Å²) in [7, 11) is 1.86. The van der Waals surface area contributed by atoms with Crippen molar-refractivity contribution >= 4 is 39.5 Å². The second-order valence-electron chi connectivity index (χ2n) is 4.82. The molecule has 0 saturated carbocycles. The Morgan fingerprint density at radius 1 is 1.33 bits per heavy atom. The first kappa shape index (κ1) is 13.5. The van der Waals surface area contributed by atoms with Crippen molar-refractivity contribution in [2.24, 2.45) is 12.8 Å². The zero-order valence-corrected chi connectivity index (χ0v) is 12.6. The Balaban J connectivity index is 2.14. The second kappa shape index (κ2) is 5.14. The molecular weight excluding hydrogens is 282 g/mol. The molecule has 0 atom stereocenters. The number of nitrogens with zero attached hydrogens (tertiary/aromatic N) is 3. The minimum Gasteiger partial charge on any atom is -0.389 e. The number of fused-ring (bicyclic) bond motifs is 1. The Kier molecular flexibility index (Phi) is 3.31. The molecule has 0 aliphatic rings. The van der Waals surface area contributed by atoms with Crippen LogP contribution < -0.4 is 11.1 Å².